The first-order chi connectivity index (χ1) is 17.5. The van der Waals surface area contributed by atoms with E-state index in [0.29, 0.717) is 25.4 Å². The third kappa shape index (κ3) is 8.22. The number of fused-ring (bicyclic) bond motifs is 1. The van der Waals surface area contributed by atoms with Crippen molar-refractivity contribution in [2.45, 2.75) is 70.8 Å². The Bertz CT molecular complexity index is 1030. The molecule has 1 fully saturated rings. The summed E-state index contributed by atoms with van der Waals surface area (Å²) in [7, 11) is 0. The summed E-state index contributed by atoms with van der Waals surface area (Å²) in [5.74, 6) is -0.600. The fourth-order valence-electron chi connectivity index (χ4n) is 4.40. The highest BCUT2D eigenvalue weighted by Crippen LogP contribution is 2.33. The Morgan fingerprint density at radius 3 is 2.53 bits per heavy atom. The summed E-state index contributed by atoms with van der Waals surface area (Å²) in [5, 5.41) is 4.78. The number of carbonyl (C=O) groups excluding carboxylic acids is 3. The van der Waals surface area contributed by atoms with E-state index in [9.17, 15) is 14.4 Å². The molecular formula is C28H37BrN2O5. The van der Waals surface area contributed by atoms with Crippen molar-refractivity contribution in [3.63, 3.8) is 0 Å². The highest BCUT2D eigenvalue weighted by molar-refractivity contribution is 9.10. The largest absolute Gasteiger partial charge is 0.483 e. The van der Waals surface area contributed by atoms with Crippen molar-refractivity contribution in [2.75, 3.05) is 26.3 Å². The Kier molecular flexibility index (Phi) is 11.5. The number of amides is 2. The van der Waals surface area contributed by atoms with E-state index in [2.05, 4.69) is 28.2 Å². The summed E-state index contributed by atoms with van der Waals surface area (Å²) in [6.07, 6.45) is 9.11. The molecule has 3 rings (SSSR count). The van der Waals surface area contributed by atoms with E-state index < -0.39 is 12.0 Å². The van der Waals surface area contributed by atoms with Crippen LogP contribution in [0.5, 0.6) is 5.75 Å². The third-order valence-corrected chi connectivity index (χ3v) is 7.27. The molecule has 8 heteroatoms. The number of esters is 1. The van der Waals surface area contributed by atoms with Gasteiger partial charge in [0, 0.05) is 13.1 Å². The zero-order valence-corrected chi connectivity index (χ0v) is 22.7. The molecule has 0 radical (unpaired) electrons. The Balaban J connectivity index is 1.45. The first-order valence-corrected chi connectivity index (χ1v) is 13.8. The topological polar surface area (TPSA) is 84.9 Å². The van der Waals surface area contributed by atoms with E-state index in [0.717, 1.165) is 34.5 Å². The number of halogens is 1. The molecule has 0 saturated carbocycles. The molecule has 2 aromatic rings. The molecule has 1 saturated heterocycles. The van der Waals surface area contributed by atoms with Crippen LogP contribution in [0, 0.1) is 0 Å². The molecule has 1 heterocycles. The molecular weight excluding hydrogens is 524 g/mol. The van der Waals surface area contributed by atoms with Gasteiger partial charge < -0.3 is 19.7 Å². The molecule has 0 bridgehead atoms. The Hall–Kier alpha value is -2.61. The number of nitrogens with zero attached hydrogens (tertiary/aromatic N) is 1. The van der Waals surface area contributed by atoms with E-state index in [4.69, 9.17) is 9.47 Å². The predicted octanol–water partition coefficient (Wildman–Crippen LogP) is 5.38. The molecule has 1 atom stereocenters. The normalized spacial score (nSPS) is 15.6. The molecule has 0 aliphatic carbocycles. The lowest BCUT2D eigenvalue weighted by molar-refractivity contribution is -0.152. The number of carbonyl (C=O) groups is 3. The van der Waals surface area contributed by atoms with Crippen molar-refractivity contribution in [3.05, 3.63) is 40.9 Å². The Morgan fingerprint density at radius 2 is 1.75 bits per heavy atom. The summed E-state index contributed by atoms with van der Waals surface area (Å²) < 4.78 is 11.9. The molecule has 7 nitrogen and oxygen atoms in total. The lowest BCUT2D eigenvalue weighted by Crippen LogP contribution is -2.58. The van der Waals surface area contributed by atoms with Crippen molar-refractivity contribution in [1.82, 2.24) is 10.2 Å². The van der Waals surface area contributed by atoms with Gasteiger partial charge >= 0.3 is 5.97 Å². The van der Waals surface area contributed by atoms with Gasteiger partial charge in [0.05, 0.1) is 17.5 Å². The van der Waals surface area contributed by atoms with E-state index in [1.165, 1.54) is 37.0 Å². The molecule has 1 N–H and O–H groups in total. The quantitative estimate of drug-likeness (QED) is 0.247. The van der Waals surface area contributed by atoms with Crippen molar-refractivity contribution in [3.8, 4) is 5.75 Å². The zero-order valence-electron chi connectivity index (χ0n) is 21.1. The Morgan fingerprint density at radius 1 is 1.03 bits per heavy atom. The maximum atomic E-state index is 13.0. The third-order valence-electron chi connectivity index (χ3n) is 6.45. The van der Waals surface area contributed by atoms with Crippen LogP contribution in [-0.4, -0.2) is 55.0 Å². The number of unbranched alkanes of at least 4 members (excludes halogenated alkanes) is 7. The standard InChI is InChI=1S/C28H37BrN2O5/c1-2-3-4-5-6-7-8-11-18-35-26(33)19-23-28(34)30-16-17-31(23)25(32)20-36-24-15-14-21-12-9-10-13-22(21)27(24)29/h9-10,12-15,23H,2-8,11,16-20H2,1H3,(H,30,34). The first-order valence-electron chi connectivity index (χ1n) is 13.0. The van der Waals surface area contributed by atoms with Gasteiger partial charge in [0.2, 0.25) is 5.91 Å². The molecule has 2 aromatic carbocycles. The summed E-state index contributed by atoms with van der Waals surface area (Å²) >= 11 is 3.56. The average Bonchev–Trinajstić information content (AvgIpc) is 2.88. The SMILES string of the molecule is CCCCCCCCCCOC(=O)CC1C(=O)NCCN1C(=O)COc1ccc2ccccc2c1Br. The van der Waals surface area contributed by atoms with Crippen LogP contribution in [-0.2, 0) is 19.1 Å². The van der Waals surface area contributed by atoms with Crippen LogP contribution in [0.25, 0.3) is 10.8 Å². The number of hydrogen-bond acceptors (Lipinski definition) is 5. The van der Waals surface area contributed by atoms with Gasteiger partial charge in [-0.1, -0.05) is 82.2 Å². The smallest absolute Gasteiger partial charge is 0.308 e. The maximum absolute atomic E-state index is 13.0. The van der Waals surface area contributed by atoms with E-state index >= 15 is 0 Å². The van der Waals surface area contributed by atoms with Crippen LogP contribution in [0.4, 0.5) is 0 Å². The van der Waals surface area contributed by atoms with Crippen LogP contribution in [0.2, 0.25) is 0 Å². The van der Waals surface area contributed by atoms with Gasteiger partial charge in [-0.2, -0.15) is 0 Å². The summed E-state index contributed by atoms with van der Waals surface area (Å²) in [4.78, 5) is 39.3. The number of benzene rings is 2. The average molecular weight is 562 g/mol. The highest BCUT2D eigenvalue weighted by Gasteiger charge is 2.35. The molecule has 0 aromatic heterocycles. The number of hydrogen-bond donors (Lipinski definition) is 1. The minimum absolute atomic E-state index is 0.158. The number of piperazine rings is 1. The van der Waals surface area contributed by atoms with Crippen LogP contribution in [0.3, 0.4) is 0 Å². The van der Waals surface area contributed by atoms with Crippen molar-refractivity contribution < 1.29 is 23.9 Å². The lowest BCUT2D eigenvalue weighted by Gasteiger charge is -2.34. The van der Waals surface area contributed by atoms with Gasteiger partial charge in [0.25, 0.3) is 5.91 Å². The van der Waals surface area contributed by atoms with Crippen molar-refractivity contribution >= 4 is 44.5 Å². The number of ether oxygens (including phenoxy) is 2. The minimum atomic E-state index is -0.888. The van der Waals surface area contributed by atoms with Crippen LogP contribution in [0.15, 0.2) is 40.9 Å². The van der Waals surface area contributed by atoms with Crippen molar-refractivity contribution in [2.24, 2.45) is 0 Å². The second-order valence-electron chi connectivity index (χ2n) is 9.18. The molecule has 36 heavy (non-hydrogen) atoms. The van der Waals surface area contributed by atoms with E-state index in [1.54, 1.807) is 0 Å². The van der Waals surface area contributed by atoms with Gasteiger partial charge in [-0.15, -0.1) is 0 Å². The van der Waals surface area contributed by atoms with Gasteiger partial charge in [-0.3, -0.25) is 14.4 Å². The second kappa shape index (κ2) is 14.8. The molecule has 1 aliphatic rings. The monoisotopic (exact) mass is 560 g/mol. The second-order valence-corrected chi connectivity index (χ2v) is 9.97. The van der Waals surface area contributed by atoms with Gasteiger partial charge in [0.1, 0.15) is 11.8 Å². The fraction of sp³-hybridized carbons (Fsp3) is 0.536. The fourth-order valence-corrected chi connectivity index (χ4v) is 5.01. The zero-order chi connectivity index (χ0) is 25.8. The lowest BCUT2D eigenvalue weighted by atomic mass is 10.1. The molecule has 196 valence electrons. The van der Waals surface area contributed by atoms with E-state index in [1.807, 2.05) is 36.4 Å². The number of nitrogens with one attached hydrogen (secondary N) is 1. The summed E-state index contributed by atoms with van der Waals surface area (Å²) in [6.45, 7) is 2.99. The van der Waals surface area contributed by atoms with Gasteiger partial charge in [-0.05, 0) is 39.2 Å². The molecule has 0 spiro atoms. The number of rotatable bonds is 14. The van der Waals surface area contributed by atoms with Crippen LogP contribution >= 0.6 is 15.9 Å². The van der Waals surface area contributed by atoms with Crippen LogP contribution in [0.1, 0.15) is 64.7 Å². The molecule has 2 amide bonds. The first kappa shape index (κ1) is 28.0. The maximum Gasteiger partial charge on any atom is 0.308 e. The van der Waals surface area contributed by atoms with Gasteiger partial charge in [-0.25, -0.2) is 0 Å². The van der Waals surface area contributed by atoms with Crippen molar-refractivity contribution in [1.29, 1.82) is 0 Å². The predicted molar refractivity (Wildman–Crippen MR) is 144 cm³/mol. The van der Waals surface area contributed by atoms with Gasteiger partial charge in [0.15, 0.2) is 6.61 Å². The Labute approximate surface area is 222 Å². The van der Waals surface area contributed by atoms with Crippen LogP contribution < -0.4 is 10.1 Å². The molecule has 1 unspecified atom stereocenters. The highest BCUT2D eigenvalue weighted by atomic mass is 79.9. The minimum Gasteiger partial charge on any atom is -0.483 e. The summed E-state index contributed by atoms with van der Waals surface area (Å²) in [6, 6.07) is 10.7. The molecule has 1 aliphatic heterocycles. The summed E-state index contributed by atoms with van der Waals surface area (Å²) in [5.41, 5.74) is 0. The van der Waals surface area contributed by atoms with E-state index in [-0.39, 0.29) is 24.8 Å².